The van der Waals surface area contributed by atoms with Gasteiger partial charge in [-0.25, -0.2) is 4.98 Å². The Morgan fingerprint density at radius 3 is 3.06 bits per heavy atom. The van der Waals surface area contributed by atoms with Gasteiger partial charge in [-0.15, -0.1) is 0 Å². The maximum absolute atomic E-state index is 12.0. The molecule has 1 aromatic carbocycles. The molecule has 4 nitrogen and oxygen atoms in total. The van der Waals surface area contributed by atoms with Gasteiger partial charge in [-0.2, -0.15) is 0 Å². The third-order valence-electron chi connectivity index (χ3n) is 2.41. The van der Waals surface area contributed by atoms with E-state index >= 15 is 0 Å². The van der Waals surface area contributed by atoms with Crippen LogP contribution in [0.15, 0.2) is 35.2 Å². The summed E-state index contributed by atoms with van der Waals surface area (Å²) in [6.45, 7) is 0.582. The van der Waals surface area contributed by atoms with Crippen molar-refractivity contribution in [1.29, 1.82) is 0 Å². The number of hydrogen-bond acceptors (Lipinski definition) is 2. The van der Waals surface area contributed by atoms with E-state index in [-0.39, 0.29) is 5.91 Å². The number of imidazole rings is 1. The largest absolute Gasteiger partial charge is 0.352 e. The fourth-order valence-electron chi connectivity index (χ4n) is 1.50. The van der Waals surface area contributed by atoms with E-state index in [0.29, 0.717) is 12.1 Å². The number of amides is 1. The zero-order valence-corrected chi connectivity index (χ0v) is 13.2. The van der Waals surface area contributed by atoms with Crippen LogP contribution in [0.4, 0.5) is 0 Å². The second kappa shape index (κ2) is 6.33. The van der Waals surface area contributed by atoms with Crippen molar-refractivity contribution in [2.45, 2.75) is 6.42 Å². The first-order valence-corrected chi connectivity index (χ1v) is 7.24. The third-order valence-corrected chi connectivity index (χ3v) is 3.77. The quantitative estimate of drug-likeness (QED) is 0.748. The second-order valence-corrected chi connectivity index (χ2v) is 5.81. The van der Waals surface area contributed by atoms with Gasteiger partial charge in [-0.3, -0.25) is 4.79 Å². The lowest BCUT2D eigenvalue weighted by Crippen LogP contribution is -2.26. The number of H-pyrrole nitrogens is 1. The Morgan fingerprint density at radius 2 is 2.33 bits per heavy atom. The Hall–Kier alpha value is -0.890. The van der Waals surface area contributed by atoms with Crippen LogP contribution in [0, 0.1) is 3.57 Å². The van der Waals surface area contributed by atoms with E-state index in [2.05, 4.69) is 53.8 Å². The minimum atomic E-state index is -0.0695. The van der Waals surface area contributed by atoms with Gasteiger partial charge in [0, 0.05) is 32.9 Å². The van der Waals surface area contributed by atoms with Gasteiger partial charge in [0.05, 0.1) is 11.9 Å². The molecule has 0 aliphatic heterocycles. The molecule has 0 bridgehead atoms. The molecule has 2 N–H and O–H groups in total. The lowest BCUT2D eigenvalue weighted by molar-refractivity contribution is 0.0953. The predicted molar refractivity (Wildman–Crippen MR) is 81.5 cm³/mol. The first kappa shape index (κ1) is 13.5. The van der Waals surface area contributed by atoms with Crippen molar-refractivity contribution in [1.82, 2.24) is 15.3 Å². The highest BCUT2D eigenvalue weighted by atomic mass is 127. The van der Waals surface area contributed by atoms with E-state index < -0.39 is 0 Å². The number of hydrogen-bond donors (Lipinski definition) is 2. The molecule has 94 valence electrons. The number of halogens is 2. The van der Waals surface area contributed by atoms with Crippen molar-refractivity contribution in [3.63, 3.8) is 0 Å². The van der Waals surface area contributed by atoms with E-state index in [1.54, 1.807) is 12.5 Å². The van der Waals surface area contributed by atoms with E-state index in [0.717, 1.165) is 20.2 Å². The number of nitrogens with zero attached hydrogens (tertiary/aromatic N) is 1. The van der Waals surface area contributed by atoms with Crippen LogP contribution in [-0.4, -0.2) is 22.4 Å². The van der Waals surface area contributed by atoms with Crippen LogP contribution in [-0.2, 0) is 6.42 Å². The summed E-state index contributed by atoms with van der Waals surface area (Å²) in [7, 11) is 0. The zero-order chi connectivity index (χ0) is 13.0. The summed E-state index contributed by atoms with van der Waals surface area (Å²) in [5.41, 5.74) is 1.67. The molecule has 1 amide bonds. The van der Waals surface area contributed by atoms with Crippen molar-refractivity contribution in [3.05, 3.63) is 50.0 Å². The fourth-order valence-corrected chi connectivity index (χ4v) is 2.42. The summed E-state index contributed by atoms with van der Waals surface area (Å²) >= 11 is 5.57. The Bertz CT molecular complexity index is 542. The number of aromatic amines is 1. The second-order valence-electron chi connectivity index (χ2n) is 3.71. The van der Waals surface area contributed by atoms with Crippen LogP contribution in [0.2, 0.25) is 0 Å². The topological polar surface area (TPSA) is 57.8 Å². The average molecular weight is 420 g/mol. The average Bonchev–Trinajstić information content (AvgIpc) is 2.85. The molecule has 0 saturated heterocycles. The zero-order valence-electron chi connectivity index (χ0n) is 9.41. The Morgan fingerprint density at radius 1 is 1.50 bits per heavy atom. The fraction of sp³-hybridized carbons (Fsp3) is 0.167. The molecule has 6 heteroatoms. The molecule has 2 aromatic rings. The number of benzene rings is 1. The maximum atomic E-state index is 12.0. The SMILES string of the molecule is O=C(NCCc1cnc[nH]1)c1cc(I)ccc1Br. The molecule has 2 rings (SSSR count). The van der Waals surface area contributed by atoms with Crippen molar-refractivity contribution >= 4 is 44.4 Å². The number of carbonyl (C=O) groups is 1. The van der Waals surface area contributed by atoms with Gasteiger partial charge in [0.15, 0.2) is 0 Å². The monoisotopic (exact) mass is 419 g/mol. The Labute approximate surface area is 127 Å². The van der Waals surface area contributed by atoms with E-state index in [9.17, 15) is 4.79 Å². The predicted octanol–water partition coefficient (Wildman–Crippen LogP) is 2.75. The van der Waals surface area contributed by atoms with Crippen LogP contribution < -0.4 is 5.32 Å². The minimum Gasteiger partial charge on any atom is -0.352 e. The molecule has 18 heavy (non-hydrogen) atoms. The van der Waals surface area contributed by atoms with E-state index in [1.807, 2.05) is 18.2 Å². The number of nitrogens with one attached hydrogen (secondary N) is 2. The molecule has 0 saturated carbocycles. The third kappa shape index (κ3) is 3.55. The van der Waals surface area contributed by atoms with Crippen molar-refractivity contribution in [2.75, 3.05) is 6.54 Å². The van der Waals surface area contributed by atoms with Crippen molar-refractivity contribution in [2.24, 2.45) is 0 Å². The molecule has 0 aliphatic carbocycles. The number of carbonyl (C=O) groups excluding carboxylic acids is 1. The lowest BCUT2D eigenvalue weighted by atomic mass is 10.2. The molecule has 0 radical (unpaired) electrons. The Balaban J connectivity index is 1.93. The van der Waals surface area contributed by atoms with Crippen molar-refractivity contribution < 1.29 is 4.79 Å². The van der Waals surface area contributed by atoms with Crippen LogP contribution >= 0.6 is 38.5 Å². The molecule has 0 aliphatic rings. The maximum Gasteiger partial charge on any atom is 0.252 e. The van der Waals surface area contributed by atoms with Crippen LogP contribution in [0.3, 0.4) is 0 Å². The van der Waals surface area contributed by atoms with Gasteiger partial charge in [0.2, 0.25) is 0 Å². The molecule has 0 fully saturated rings. The normalized spacial score (nSPS) is 10.3. The molecule has 0 unspecified atom stereocenters. The minimum absolute atomic E-state index is 0.0695. The molecule has 0 spiro atoms. The van der Waals surface area contributed by atoms with Gasteiger partial charge in [0.1, 0.15) is 0 Å². The van der Waals surface area contributed by atoms with E-state index in [1.165, 1.54) is 0 Å². The standard InChI is InChI=1S/C12H11BrIN3O/c13-11-2-1-8(14)5-10(11)12(18)16-4-3-9-6-15-7-17-9/h1-2,5-7H,3-4H2,(H,15,17)(H,16,18). The van der Waals surface area contributed by atoms with Gasteiger partial charge in [0.25, 0.3) is 5.91 Å². The first-order chi connectivity index (χ1) is 8.66. The lowest BCUT2D eigenvalue weighted by Gasteiger charge is -2.06. The summed E-state index contributed by atoms with van der Waals surface area (Å²) in [5, 5.41) is 2.89. The van der Waals surface area contributed by atoms with E-state index in [4.69, 9.17) is 0 Å². The van der Waals surface area contributed by atoms with Crippen LogP contribution in [0.5, 0.6) is 0 Å². The van der Waals surface area contributed by atoms with Crippen LogP contribution in [0.25, 0.3) is 0 Å². The van der Waals surface area contributed by atoms with Gasteiger partial charge >= 0.3 is 0 Å². The van der Waals surface area contributed by atoms with Crippen LogP contribution in [0.1, 0.15) is 16.1 Å². The number of aromatic nitrogens is 2. The summed E-state index contributed by atoms with van der Waals surface area (Å²) in [6.07, 6.45) is 4.13. The molecule has 0 atom stereocenters. The summed E-state index contributed by atoms with van der Waals surface area (Å²) < 4.78 is 1.84. The highest BCUT2D eigenvalue weighted by Crippen LogP contribution is 2.19. The highest BCUT2D eigenvalue weighted by molar-refractivity contribution is 14.1. The molecular formula is C12H11BrIN3O. The molecule has 1 aromatic heterocycles. The molecular weight excluding hydrogens is 409 g/mol. The first-order valence-electron chi connectivity index (χ1n) is 5.37. The van der Waals surface area contributed by atoms with Crippen molar-refractivity contribution in [3.8, 4) is 0 Å². The van der Waals surface area contributed by atoms with Gasteiger partial charge in [-0.05, 0) is 56.7 Å². The molecule has 1 heterocycles. The number of rotatable bonds is 4. The summed E-state index contributed by atoms with van der Waals surface area (Å²) in [5.74, 6) is -0.0695. The highest BCUT2D eigenvalue weighted by Gasteiger charge is 2.09. The smallest absolute Gasteiger partial charge is 0.252 e. The van der Waals surface area contributed by atoms with Gasteiger partial charge in [-0.1, -0.05) is 0 Å². The summed E-state index contributed by atoms with van der Waals surface area (Å²) in [4.78, 5) is 18.9. The summed E-state index contributed by atoms with van der Waals surface area (Å²) in [6, 6.07) is 5.69. The Kier molecular flexibility index (Phi) is 4.76. The van der Waals surface area contributed by atoms with Gasteiger partial charge < -0.3 is 10.3 Å².